The molecule has 0 aliphatic carbocycles. The third-order valence-electron chi connectivity index (χ3n) is 4.79. The molecular formula is C21H25N3O4S. The van der Waals surface area contributed by atoms with Crippen LogP contribution in [0.4, 0.5) is 0 Å². The van der Waals surface area contributed by atoms with Gasteiger partial charge in [0, 0.05) is 30.8 Å². The Hall–Kier alpha value is -2.71. The smallest absolute Gasteiger partial charge is 0.271 e. The first-order chi connectivity index (χ1) is 13.9. The molecule has 0 spiro atoms. The minimum atomic E-state index is -3.48. The first-order valence-corrected chi connectivity index (χ1v) is 10.9. The average Bonchev–Trinajstić information content (AvgIpc) is 3.28. The van der Waals surface area contributed by atoms with E-state index in [1.54, 1.807) is 7.11 Å². The Bertz CT molecular complexity index is 978. The van der Waals surface area contributed by atoms with Gasteiger partial charge in [0.1, 0.15) is 5.75 Å². The Morgan fingerprint density at radius 2 is 1.69 bits per heavy atom. The van der Waals surface area contributed by atoms with Gasteiger partial charge in [-0.15, -0.1) is 0 Å². The molecule has 1 fully saturated rings. The van der Waals surface area contributed by atoms with Crippen LogP contribution in [0.5, 0.6) is 5.75 Å². The van der Waals surface area contributed by atoms with Crippen LogP contribution < -0.4 is 10.2 Å². The molecule has 2 aromatic rings. The molecule has 2 aromatic carbocycles. The van der Waals surface area contributed by atoms with Gasteiger partial charge in [-0.2, -0.15) is 9.41 Å². The molecule has 29 heavy (non-hydrogen) atoms. The molecule has 0 unspecified atom stereocenters. The zero-order chi connectivity index (χ0) is 20.9. The maximum Gasteiger partial charge on any atom is 0.271 e. The highest BCUT2D eigenvalue weighted by Gasteiger charge is 2.27. The van der Waals surface area contributed by atoms with Gasteiger partial charge >= 0.3 is 0 Å². The second kappa shape index (κ2) is 9.19. The Morgan fingerprint density at radius 3 is 2.28 bits per heavy atom. The van der Waals surface area contributed by atoms with Gasteiger partial charge in [-0.05, 0) is 61.7 Å². The van der Waals surface area contributed by atoms with Crippen molar-refractivity contribution in [3.63, 3.8) is 0 Å². The van der Waals surface area contributed by atoms with Crippen molar-refractivity contribution in [3.05, 3.63) is 59.7 Å². The lowest BCUT2D eigenvalue weighted by atomic mass is 10.1. The van der Waals surface area contributed by atoms with Gasteiger partial charge in [0.05, 0.1) is 12.0 Å². The van der Waals surface area contributed by atoms with Crippen molar-refractivity contribution in [2.45, 2.75) is 31.1 Å². The SMILES string of the molecule is COc1ccc(C/C(C)=N\NC(=O)c2ccc(S(=O)(=O)N3CCCC3)cc2)cc1. The molecule has 3 rings (SSSR count). The highest BCUT2D eigenvalue weighted by molar-refractivity contribution is 7.89. The Labute approximate surface area is 171 Å². The summed E-state index contributed by atoms with van der Waals surface area (Å²) in [4.78, 5) is 12.5. The lowest BCUT2D eigenvalue weighted by molar-refractivity contribution is 0.0954. The van der Waals surface area contributed by atoms with Crippen LogP contribution in [-0.4, -0.2) is 44.5 Å². The van der Waals surface area contributed by atoms with Crippen molar-refractivity contribution in [1.29, 1.82) is 0 Å². The van der Waals surface area contributed by atoms with Gasteiger partial charge in [0.2, 0.25) is 10.0 Å². The van der Waals surface area contributed by atoms with Crippen LogP contribution in [0.25, 0.3) is 0 Å². The molecule has 0 radical (unpaired) electrons. The molecule has 8 heteroatoms. The lowest BCUT2D eigenvalue weighted by Gasteiger charge is -2.15. The van der Waals surface area contributed by atoms with Gasteiger partial charge in [-0.25, -0.2) is 13.8 Å². The van der Waals surface area contributed by atoms with E-state index in [4.69, 9.17) is 4.74 Å². The maximum absolute atomic E-state index is 12.5. The number of hydrogen-bond donors (Lipinski definition) is 1. The van der Waals surface area contributed by atoms with E-state index in [0.29, 0.717) is 25.1 Å². The molecule has 1 aliphatic heterocycles. The van der Waals surface area contributed by atoms with E-state index < -0.39 is 10.0 Å². The number of sulfonamides is 1. The summed E-state index contributed by atoms with van der Waals surface area (Å²) in [5.41, 5.74) is 4.67. The summed E-state index contributed by atoms with van der Waals surface area (Å²) in [6, 6.07) is 13.6. The van der Waals surface area contributed by atoms with Crippen LogP contribution in [0.15, 0.2) is 58.5 Å². The third kappa shape index (κ3) is 5.21. The first kappa shape index (κ1) is 21.0. The topological polar surface area (TPSA) is 88.1 Å². The number of carbonyl (C=O) groups is 1. The summed E-state index contributed by atoms with van der Waals surface area (Å²) in [7, 11) is -1.86. The number of benzene rings is 2. The van der Waals surface area contributed by atoms with Gasteiger partial charge in [-0.1, -0.05) is 12.1 Å². The number of amides is 1. The van der Waals surface area contributed by atoms with Crippen LogP contribution in [0, 0.1) is 0 Å². The Morgan fingerprint density at radius 1 is 1.07 bits per heavy atom. The minimum Gasteiger partial charge on any atom is -0.497 e. The van der Waals surface area contributed by atoms with E-state index in [1.165, 1.54) is 28.6 Å². The van der Waals surface area contributed by atoms with Gasteiger partial charge in [0.15, 0.2) is 0 Å². The fourth-order valence-corrected chi connectivity index (χ4v) is 4.66. The van der Waals surface area contributed by atoms with Crippen molar-refractivity contribution in [1.82, 2.24) is 9.73 Å². The summed E-state index contributed by atoms with van der Waals surface area (Å²) < 4.78 is 31.7. The van der Waals surface area contributed by atoms with Gasteiger partial charge < -0.3 is 4.74 Å². The minimum absolute atomic E-state index is 0.204. The molecule has 0 bridgehead atoms. The summed E-state index contributed by atoms with van der Waals surface area (Å²) in [5, 5.41) is 4.13. The maximum atomic E-state index is 12.5. The Kier molecular flexibility index (Phi) is 6.66. The number of hydrogen-bond acceptors (Lipinski definition) is 5. The predicted octanol–water partition coefficient (Wildman–Crippen LogP) is 2.83. The van der Waals surface area contributed by atoms with Crippen LogP contribution in [-0.2, 0) is 16.4 Å². The Balaban J connectivity index is 1.60. The predicted molar refractivity (Wildman–Crippen MR) is 112 cm³/mol. The van der Waals surface area contributed by atoms with Crippen LogP contribution in [0.2, 0.25) is 0 Å². The molecule has 0 saturated carbocycles. The molecule has 7 nitrogen and oxygen atoms in total. The highest BCUT2D eigenvalue weighted by Crippen LogP contribution is 2.21. The normalized spacial score (nSPS) is 15.3. The molecule has 1 amide bonds. The number of carbonyl (C=O) groups excluding carboxylic acids is 1. The van der Waals surface area contributed by atoms with Crippen LogP contribution >= 0.6 is 0 Å². The van der Waals surface area contributed by atoms with Gasteiger partial charge in [-0.3, -0.25) is 4.79 Å². The molecule has 1 saturated heterocycles. The molecule has 154 valence electrons. The molecule has 1 aliphatic rings. The van der Waals surface area contributed by atoms with Crippen molar-refractivity contribution in [2.24, 2.45) is 5.10 Å². The zero-order valence-electron chi connectivity index (χ0n) is 16.6. The number of ether oxygens (including phenoxy) is 1. The van der Waals surface area contributed by atoms with E-state index in [2.05, 4.69) is 10.5 Å². The van der Waals surface area contributed by atoms with Gasteiger partial charge in [0.25, 0.3) is 5.91 Å². The zero-order valence-corrected chi connectivity index (χ0v) is 17.4. The fourth-order valence-electron chi connectivity index (χ4n) is 3.14. The molecule has 1 heterocycles. The number of methoxy groups -OCH3 is 1. The second-order valence-corrected chi connectivity index (χ2v) is 8.89. The van der Waals surface area contributed by atoms with Crippen molar-refractivity contribution in [2.75, 3.05) is 20.2 Å². The van der Waals surface area contributed by atoms with E-state index in [9.17, 15) is 13.2 Å². The molecular weight excluding hydrogens is 390 g/mol. The average molecular weight is 416 g/mol. The van der Waals surface area contributed by atoms with Crippen LogP contribution in [0.1, 0.15) is 35.7 Å². The van der Waals surface area contributed by atoms with E-state index in [-0.39, 0.29) is 10.8 Å². The molecule has 1 N–H and O–H groups in total. The quantitative estimate of drug-likeness (QED) is 0.556. The van der Waals surface area contributed by atoms with E-state index in [1.807, 2.05) is 31.2 Å². The largest absolute Gasteiger partial charge is 0.497 e. The van der Waals surface area contributed by atoms with Crippen molar-refractivity contribution < 1.29 is 17.9 Å². The standard InChI is InChI=1S/C21H25N3O4S/c1-16(15-17-5-9-19(28-2)10-6-17)22-23-21(25)18-7-11-20(12-8-18)29(26,27)24-13-3-4-14-24/h5-12H,3-4,13-15H2,1-2H3,(H,23,25)/b22-16-. The summed E-state index contributed by atoms with van der Waals surface area (Å²) >= 11 is 0. The van der Waals surface area contributed by atoms with E-state index in [0.717, 1.165) is 29.9 Å². The number of nitrogens with one attached hydrogen (secondary N) is 1. The third-order valence-corrected chi connectivity index (χ3v) is 6.70. The molecule has 0 aromatic heterocycles. The summed E-state index contributed by atoms with van der Waals surface area (Å²) in [6.07, 6.45) is 2.36. The van der Waals surface area contributed by atoms with E-state index >= 15 is 0 Å². The van der Waals surface area contributed by atoms with Crippen molar-refractivity contribution in [3.8, 4) is 5.75 Å². The highest BCUT2D eigenvalue weighted by atomic mass is 32.2. The monoisotopic (exact) mass is 415 g/mol. The number of nitrogens with zero attached hydrogens (tertiary/aromatic N) is 2. The van der Waals surface area contributed by atoms with Crippen molar-refractivity contribution >= 4 is 21.6 Å². The second-order valence-electron chi connectivity index (χ2n) is 6.95. The number of hydrazone groups is 1. The van der Waals surface area contributed by atoms with Crippen LogP contribution in [0.3, 0.4) is 0 Å². The first-order valence-electron chi connectivity index (χ1n) is 9.47. The fraction of sp³-hybridized carbons (Fsp3) is 0.333. The lowest BCUT2D eigenvalue weighted by Crippen LogP contribution is -2.28. The summed E-state index contributed by atoms with van der Waals surface area (Å²) in [5.74, 6) is 0.399. The number of rotatable bonds is 7. The molecule has 0 atom stereocenters. The summed E-state index contributed by atoms with van der Waals surface area (Å²) in [6.45, 7) is 2.93.